The molecule has 0 amide bonds. The van der Waals surface area contributed by atoms with Gasteiger partial charge in [-0.1, -0.05) is 96.8 Å². The number of carbonyl (C=O) groups excluding carboxylic acids is 1. The summed E-state index contributed by atoms with van der Waals surface area (Å²) in [5.41, 5.74) is 0. The molecule has 0 aromatic carbocycles. The minimum atomic E-state index is -1.14. The predicted molar refractivity (Wildman–Crippen MR) is 138 cm³/mol. The SMILES string of the molecule is CCCCCCCCCCCCCCCCCC(=O)OC[C@@H](O)[C@H]1OC[C@H](O)[C@H]1O.CS(C)=O. The van der Waals surface area contributed by atoms with Gasteiger partial charge in [0.15, 0.2) is 0 Å². The number of esters is 1. The molecule has 0 aliphatic carbocycles. The molecule has 3 N–H and O–H groups in total. The van der Waals surface area contributed by atoms with Crippen LogP contribution in [0.4, 0.5) is 0 Å². The van der Waals surface area contributed by atoms with Gasteiger partial charge >= 0.3 is 5.97 Å². The molecule has 1 saturated heterocycles. The summed E-state index contributed by atoms with van der Waals surface area (Å²) in [6.45, 7) is 2.03. The molecular weight excluding hydrogens is 456 g/mol. The number of carbonyl (C=O) groups is 1. The summed E-state index contributed by atoms with van der Waals surface area (Å²) >= 11 is 0. The van der Waals surface area contributed by atoms with Gasteiger partial charge in [0.05, 0.1) is 6.61 Å². The molecule has 1 heterocycles. The van der Waals surface area contributed by atoms with Gasteiger partial charge in [0.1, 0.15) is 31.0 Å². The van der Waals surface area contributed by atoms with Crippen LogP contribution < -0.4 is 0 Å². The summed E-state index contributed by atoms with van der Waals surface area (Å²) in [6, 6.07) is 0. The first-order valence-electron chi connectivity index (χ1n) is 13.4. The first-order chi connectivity index (χ1) is 16.3. The zero-order valence-corrected chi connectivity index (χ0v) is 22.7. The lowest BCUT2D eigenvalue weighted by atomic mass is 10.0. The second-order valence-electron chi connectivity index (χ2n) is 9.55. The lowest BCUT2D eigenvalue weighted by Crippen LogP contribution is -2.41. The quantitative estimate of drug-likeness (QED) is 0.176. The number of aliphatic hydroxyl groups excluding tert-OH is 3. The Morgan fingerprint density at radius 2 is 1.29 bits per heavy atom. The summed E-state index contributed by atoms with van der Waals surface area (Å²) in [5, 5.41) is 29.0. The molecule has 0 aromatic heterocycles. The Bertz CT molecular complexity index is 500. The summed E-state index contributed by atoms with van der Waals surface area (Å²) in [7, 11) is -0.611. The van der Waals surface area contributed by atoms with E-state index >= 15 is 0 Å². The highest BCUT2D eigenvalue weighted by molar-refractivity contribution is 7.83. The Kier molecular flexibility index (Phi) is 22.5. The van der Waals surface area contributed by atoms with Gasteiger partial charge in [-0.2, -0.15) is 0 Å². The molecule has 8 heteroatoms. The summed E-state index contributed by atoms with van der Waals surface area (Å²) in [5.74, 6) is -0.336. The molecule has 0 unspecified atom stereocenters. The van der Waals surface area contributed by atoms with Gasteiger partial charge < -0.3 is 24.8 Å². The van der Waals surface area contributed by atoms with Gasteiger partial charge in [-0.05, 0) is 6.42 Å². The maximum absolute atomic E-state index is 11.8. The van der Waals surface area contributed by atoms with Crippen molar-refractivity contribution in [1.29, 1.82) is 0 Å². The van der Waals surface area contributed by atoms with Gasteiger partial charge in [-0.3, -0.25) is 9.00 Å². The molecule has 0 aromatic rings. The first kappa shape index (κ1) is 33.5. The first-order valence-corrected chi connectivity index (χ1v) is 15.3. The van der Waals surface area contributed by atoms with Crippen LogP contribution in [0.1, 0.15) is 110 Å². The second kappa shape index (κ2) is 22.9. The molecule has 204 valence electrons. The summed E-state index contributed by atoms with van der Waals surface area (Å²) < 4.78 is 19.7. The van der Waals surface area contributed by atoms with Crippen molar-refractivity contribution in [2.45, 2.75) is 134 Å². The zero-order chi connectivity index (χ0) is 25.6. The maximum atomic E-state index is 11.8. The molecule has 0 radical (unpaired) electrons. The third kappa shape index (κ3) is 19.7. The molecule has 0 saturated carbocycles. The fourth-order valence-corrected chi connectivity index (χ4v) is 3.95. The number of hydrogen-bond donors (Lipinski definition) is 3. The van der Waals surface area contributed by atoms with Crippen LogP contribution in [0.15, 0.2) is 0 Å². The number of aliphatic hydroxyl groups is 3. The normalized spacial score (nSPS) is 20.7. The predicted octanol–water partition coefficient (Wildman–Crippen LogP) is 4.27. The van der Waals surface area contributed by atoms with E-state index in [1.807, 2.05) is 0 Å². The van der Waals surface area contributed by atoms with Crippen LogP contribution in [0.25, 0.3) is 0 Å². The van der Waals surface area contributed by atoms with E-state index in [2.05, 4.69) is 6.92 Å². The van der Waals surface area contributed by atoms with E-state index in [4.69, 9.17) is 9.47 Å². The molecule has 34 heavy (non-hydrogen) atoms. The van der Waals surface area contributed by atoms with Crippen molar-refractivity contribution >= 4 is 16.8 Å². The minimum absolute atomic E-state index is 0.0179. The highest BCUT2D eigenvalue weighted by Gasteiger charge is 2.39. The maximum Gasteiger partial charge on any atom is 0.305 e. The third-order valence-corrected chi connectivity index (χ3v) is 5.97. The fourth-order valence-electron chi connectivity index (χ4n) is 3.95. The Hall–Kier alpha value is -0.540. The van der Waals surface area contributed by atoms with Gasteiger partial charge in [0.2, 0.25) is 0 Å². The van der Waals surface area contributed by atoms with Crippen LogP contribution >= 0.6 is 0 Å². The Morgan fingerprint density at radius 1 is 0.882 bits per heavy atom. The number of hydrogen-bond acceptors (Lipinski definition) is 7. The molecule has 0 spiro atoms. The molecule has 1 aliphatic heterocycles. The van der Waals surface area contributed by atoms with Crippen molar-refractivity contribution in [2.24, 2.45) is 0 Å². The number of rotatable bonds is 19. The molecular formula is C26H52O7S. The van der Waals surface area contributed by atoms with E-state index < -0.39 is 35.2 Å². The second-order valence-corrected chi connectivity index (χ2v) is 11.0. The van der Waals surface area contributed by atoms with E-state index in [9.17, 15) is 24.3 Å². The summed E-state index contributed by atoms with van der Waals surface area (Å²) in [6.07, 6.45) is 18.7. The summed E-state index contributed by atoms with van der Waals surface area (Å²) in [4.78, 5) is 11.8. The van der Waals surface area contributed by atoms with Crippen molar-refractivity contribution in [3.8, 4) is 0 Å². The highest BCUT2D eigenvalue weighted by atomic mass is 32.2. The molecule has 1 aliphatic rings. The van der Waals surface area contributed by atoms with Crippen LogP contribution in [0.2, 0.25) is 0 Å². The van der Waals surface area contributed by atoms with Gasteiger partial charge in [0, 0.05) is 29.7 Å². The fraction of sp³-hybridized carbons (Fsp3) is 0.962. The van der Waals surface area contributed by atoms with Crippen LogP contribution in [0.5, 0.6) is 0 Å². The van der Waals surface area contributed by atoms with E-state index in [1.54, 1.807) is 12.5 Å². The van der Waals surface area contributed by atoms with E-state index in [-0.39, 0.29) is 19.2 Å². The average Bonchev–Trinajstić information content (AvgIpc) is 3.12. The number of unbranched alkanes of at least 4 members (excludes halogenated alkanes) is 14. The molecule has 1 fully saturated rings. The lowest BCUT2D eigenvalue weighted by molar-refractivity contribution is -0.151. The third-order valence-electron chi connectivity index (χ3n) is 5.97. The number of ether oxygens (including phenoxy) is 2. The monoisotopic (exact) mass is 508 g/mol. The van der Waals surface area contributed by atoms with Crippen molar-refractivity contribution in [2.75, 3.05) is 25.7 Å². The lowest BCUT2D eigenvalue weighted by Gasteiger charge is -2.20. The van der Waals surface area contributed by atoms with Crippen LogP contribution in [-0.2, 0) is 25.1 Å². The molecule has 4 atom stereocenters. The van der Waals surface area contributed by atoms with Crippen molar-refractivity contribution in [1.82, 2.24) is 0 Å². The van der Waals surface area contributed by atoms with E-state index in [0.717, 1.165) is 19.3 Å². The Morgan fingerprint density at radius 3 is 1.68 bits per heavy atom. The Balaban J connectivity index is 0.00000251. The minimum Gasteiger partial charge on any atom is -0.463 e. The largest absolute Gasteiger partial charge is 0.463 e. The van der Waals surface area contributed by atoms with Crippen molar-refractivity contribution in [3.63, 3.8) is 0 Å². The zero-order valence-electron chi connectivity index (χ0n) is 21.9. The highest BCUT2D eigenvalue weighted by Crippen LogP contribution is 2.18. The van der Waals surface area contributed by atoms with E-state index in [1.165, 1.54) is 77.0 Å². The van der Waals surface area contributed by atoms with Crippen molar-refractivity contribution in [3.05, 3.63) is 0 Å². The molecule has 1 rings (SSSR count). The topological polar surface area (TPSA) is 113 Å². The molecule has 0 bridgehead atoms. The van der Waals surface area contributed by atoms with Crippen LogP contribution in [0, 0.1) is 0 Å². The molecule has 7 nitrogen and oxygen atoms in total. The standard InChI is InChI=1S/C24H46O6.C2H6OS/c1-2-3-4-5-6-7-8-9-10-11-12-13-14-15-16-17-22(27)29-19-21(26)24-23(28)20(25)18-30-24;1-4(2)3/h20-21,23-26,28H,2-19H2,1H3;1-2H3/t20-,21+,23+,24+;/m0./s1. The van der Waals surface area contributed by atoms with Gasteiger partial charge in [-0.25, -0.2) is 0 Å². The van der Waals surface area contributed by atoms with Crippen LogP contribution in [-0.4, -0.2) is 75.6 Å². The van der Waals surface area contributed by atoms with Gasteiger partial charge in [-0.15, -0.1) is 0 Å². The Labute approximate surface area is 210 Å². The van der Waals surface area contributed by atoms with Gasteiger partial charge in [0.25, 0.3) is 0 Å². The smallest absolute Gasteiger partial charge is 0.305 e. The van der Waals surface area contributed by atoms with Crippen LogP contribution in [0.3, 0.4) is 0 Å². The van der Waals surface area contributed by atoms with E-state index in [0.29, 0.717) is 6.42 Å². The van der Waals surface area contributed by atoms with Crippen molar-refractivity contribution < 1.29 is 33.8 Å². The average molecular weight is 509 g/mol.